The number of nitrogens with zero attached hydrogens (tertiary/aromatic N) is 3. The zero-order valence-corrected chi connectivity index (χ0v) is 23.4. The lowest BCUT2D eigenvalue weighted by molar-refractivity contribution is -0.114. The summed E-state index contributed by atoms with van der Waals surface area (Å²) in [7, 11) is 0. The molecule has 0 atom stereocenters. The molecule has 0 aliphatic carbocycles. The van der Waals surface area contributed by atoms with E-state index in [1.54, 1.807) is 41.4 Å². The summed E-state index contributed by atoms with van der Waals surface area (Å²) in [6, 6.07) is 16.7. The lowest BCUT2D eigenvalue weighted by Gasteiger charge is -2.35. The van der Waals surface area contributed by atoms with Crippen molar-refractivity contribution in [2.45, 2.75) is 39.8 Å². The molecule has 1 fully saturated rings. The summed E-state index contributed by atoms with van der Waals surface area (Å²) in [5.41, 5.74) is 9.86. The SMILES string of the molecule is CC(=O)Nc1ccc(NC(=O)c2cc(-c3ccc(CN4CCN(C(=O)OC(C)(C)C)CC4)cc3)cnc2N)cc1. The Morgan fingerprint density at radius 3 is 2.08 bits per heavy atom. The molecule has 1 aromatic heterocycles. The number of aromatic nitrogens is 1. The van der Waals surface area contributed by atoms with Gasteiger partial charge in [0.05, 0.1) is 5.56 Å². The summed E-state index contributed by atoms with van der Waals surface area (Å²) in [5, 5.41) is 5.51. The molecule has 1 saturated heterocycles. The third kappa shape index (κ3) is 7.79. The van der Waals surface area contributed by atoms with E-state index in [1.165, 1.54) is 6.92 Å². The van der Waals surface area contributed by atoms with Gasteiger partial charge in [-0.1, -0.05) is 24.3 Å². The normalized spacial score (nSPS) is 13.9. The average Bonchev–Trinajstić information content (AvgIpc) is 2.90. The van der Waals surface area contributed by atoms with Gasteiger partial charge < -0.3 is 26.0 Å². The molecule has 0 unspecified atom stereocenters. The van der Waals surface area contributed by atoms with Gasteiger partial charge >= 0.3 is 6.09 Å². The maximum atomic E-state index is 13.0. The molecule has 210 valence electrons. The maximum absolute atomic E-state index is 13.0. The first kappa shape index (κ1) is 28.6. The van der Waals surface area contributed by atoms with Crippen molar-refractivity contribution in [2.75, 3.05) is 42.5 Å². The van der Waals surface area contributed by atoms with Crippen LogP contribution in [0, 0.1) is 0 Å². The van der Waals surface area contributed by atoms with E-state index in [1.807, 2.05) is 32.9 Å². The van der Waals surface area contributed by atoms with Crippen LogP contribution in [0.25, 0.3) is 11.1 Å². The van der Waals surface area contributed by atoms with E-state index in [2.05, 4.69) is 32.7 Å². The second-order valence-electron chi connectivity index (χ2n) is 10.8. The Hall–Kier alpha value is -4.44. The molecule has 0 bridgehead atoms. The summed E-state index contributed by atoms with van der Waals surface area (Å²) < 4.78 is 5.48. The zero-order chi connectivity index (χ0) is 28.9. The molecule has 10 heteroatoms. The van der Waals surface area contributed by atoms with E-state index < -0.39 is 5.60 Å². The summed E-state index contributed by atoms with van der Waals surface area (Å²) in [4.78, 5) is 44.8. The van der Waals surface area contributed by atoms with Crippen LogP contribution in [0.15, 0.2) is 60.8 Å². The van der Waals surface area contributed by atoms with Crippen LogP contribution in [0.5, 0.6) is 0 Å². The van der Waals surface area contributed by atoms with Crippen molar-refractivity contribution < 1.29 is 19.1 Å². The van der Waals surface area contributed by atoms with Crippen molar-refractivity contribution in [3.63, 3.8) is 0 Å². The first-order valence-electron chi connectivity index (χ1n) is 13.2. The van der Waals surface area contributed by atoms with Gasteiger partial charge in [0.2, 0.25) is 5.91 Å². The molecule has 1 aliphatic rings. The summed E-state index contributed by atoms with van der Waals surface area (Å²) >= 11 is 0. The zero-order valence-electron chi connectivity index (χ0n) is 23.4. The van der Waals surface area contributed by atoms with Crippen molar-refractivity contribution in [3.05, 3.63) is 71.9 Å². The van der Waals surface area contributed by atoms with Crippen LogP contribution in [0.1, 0.15) is 43.6 Å². The van der Waals surface area contributed by atoms with Crippen LogP contribution in [0.4, 0.5) is 22.0 Å². The Kier molecular flexibility index (Phi) is 8.69. The number of pyridine rings is 1. The van der Waals surface area contributed by atoms with Gasteiger partial charge in [-0.05, 0) is 62.2 Å². The van der Waals surface area contributed by atoms with E-state index in [-0.39, 0.29) is 29.3 Å². The third-order valence-corrected chi connectivity index (χ3v) is 6.34. The van der Waals surface area contributed by atoms with Gasteiger partial charge in [-0.2, -0.15) is 0 Å². The fourth-order valence-corrected chi connectivity index (χ4v) is 4.33. The maximum Gasteiger partial charge on any atom is 0.410 e. The van der Waals surface area contributed by atoms with Gasteiger partial charge in [0, 0.05) is 62.8 Å². The highest BCUT2D eigenvalue weighted by Gasteiger charge is 2.25. The molecule has 3 aromatic rings. The van der Waals surface area contributed by atoms with E-state index in [0.717, 1.165) is 36.3 Å². The minimum absolute atomic E-state index is 0.137. The highest BCUT2D eigenvalue weighted by Crippen LogP contribution is 2.24. The number of ether oxygens (including phenoxy) is 1. The molecule has 2 aromatic carbocycles. The predicted octanol–water partition coefficient (Wildman–Crippen LogP) is 4.59. The summed E-state index contributed by atoms with van der Waals surface area (Å²) in [5.74, 6) is -0.404. The predicted molar refractivity (Wildman–Crippen MR) is 156 cm³/mol. The number of benzene rings is 2. The number of carbonyl (C=O) groups is 3. The number of rotatable bonds is 6. The molecule has 40 heavy (non-hydrogen) atoms. The van der Waals surface area contributed by atoms with Crippen molar-refractivity contribution in [1.29, 1.82) is 0 Å². The molecular formula is C30H36N6O4. The van der Waals surface area contributed by atoms with Crippen molar-refractivity contribution in [2.24, 2.45) is 0 Å². The Morgan fingerprint density at radius 1 is 0.900 bits per heavy atom. The Balaban J connectivity index is 1.35. The number of anilines is 3. The highest BCUT2D eigenvalue weighted by atomic mass is 16.6. The summed E-state index contributed by atoms with van der Waals surface area (Å²) in [6.45, 7) is 10.6. The number of hydrogen-bond donors (Lipinski definition) is 3. The van der Waals surface area contributed by atoms with E-state index in [0.29, 0.717) is 24.5 Å². The quantitative estimate of drug-likeness (QED) is 0.414. The average molecular weight is 545 g/mol. The van der Waals surface area contributed by atoms with Crippen LogP contribution >= 0.6 is 0 Å². The van der Waals surface area contributed by atoms with Crippen molar-refractivity contribution in [3.8, 4) is 11.1 Å². The monoisotopic (exact) mass is 544 g/mol. The number of hydrogen-bond acceptors (Lipinski definition) is 7. The topological polar surface area (TPSA) is 130 Å². The largest absolute Gasteiger partial charge is 0.444 e. The Bertz CT molecular complexity index is 1360. The molecule has 0 radical (unpaired) electrons. The first-order chi connectivity index (χ1) is 19.0. The van der Waals surface area contributed by atoms with E-state index in [4.69, 9.17) is 10.5 Å². The number of nitrogen functional groups attached to an aromatic ring is 1. The minimum atomic E-state index is -0.498. The van der Waals surface area contributed by atoms with Crippen LogP contribution < -0.4 is 16.4 Å². The van der Waals surface area contributed by atoms with Crippen LogP contribution in [-0.4, -0.2) is 64.5 Å². The van der Waals surface area contributed by atoms with Gasteiger partial charge in [0.25, 0.3) is 5.91 Å². The molecule has 4 N–H and O–H groups in total. The molecule has 2 heterocycles. The van der Waals surface area contributed by atoms with Crippen LogP contribution in [0.3, 0.4) is 0 Å². The number of nitrogens with one attached hydrogen (secondary N) is 2. The van der Waals surface area contributed by atoms with E-state index in [9.17, 15) is 14.4 Å². The molecule has 0 saturated carbocycles. The Morgan fingerprint density at radius 2 is 1.50 bits per heavy atom. The number of nitrogens with two attached hydrogens (primary N) is 1. The second kappa shape index (κ2) is 12.2. The van der Waals surface area contributed by atoms with Crippen LogP contribution in [0.2, 0.25) is 0 Å². The number of amides is 3. The standard InChI is InChI=1S/C30H36N6O4/c1-20(37)33-24-9-11-25(12-10-24)34-28(38)26-17-23(18-32-27(26)31)22-7-5-21(6-8-22)19-35-13-15-36(16-14-35)29(39)40-30(2,3)4/h5-12,17-18H,13-16,19H2,1-4H3,(H2,31,32)(H,33,37)(H,34,38). The molecular weight excluding hydrogens is 508 g/mol. The third-order valence-electron chi connectivity index (χ3n) is 6.34. The minimum Gasteiger partial charge on any atom is -0.444 e. The summed E-state index contributed by atoms with van der Waals surface area (Å²) in [6.07, 6.45) is 1.39. The fraction of sp³-hybridized carbons (Fsp3) is 0.333. The fourth-order valence-electron chi connectivity index (χ4n) is 4.33. The molecule has 4 rings (SSSR count). The number of carbonyl (C=O) groups excluding carboxylic acids is 3. The molecule has 1 aliphatic heterocycles. The lowest BCUT2D eigenvalue weighted by atomic mass is 10.0. The highest BCUT2D eigenvalue weighted by molar-refractivity contribution is 6.08. The van der Waals surface area contributed by atoms with Crippen molar-refractivity contribution >= 4 is 35.1 Å². The molecule has 0 spiro atoms. The smallest absolute Gasteiger partial charge is 0.410 e. The van der Waals surface area contributed by atoms with Gasteiger partial charge in [0.1, 0.15) is 11.4 Å². The van der Waals surface area contributed by atoms with Gasteiger partial charge in [0.15, 0.2) is 0 Å². The second-order valence-corrected chi connectivity index (χ2v) is 10.8. The Labute approximate surface area is 234 Å². The van der Waals surface area contributed by atoms with E-state index >= 15 is 0 Å². The molecule has 10 nitrogen and oxygen atoms in total. The molecule has 3 amide bonds. The number of piperazine rings is 1. The van der Waals surface area contributed by atoms with Gasteiger partial charge in [-0.25, -0.2) is 9.78 Å². The van der Waals surface area contributed by atoms with Gasteiger partial charge in [-0.3, -0.25) is 14.5 Å². The van der Waals surface area contributed by atoms with Crippen molar-refractivity contribution in [1.82, 2.24) is 14.8 Å². The lowest BCUT2D eigenvalue weighted by Crippen LogP contribution is -2.49. The first-order valence-corrected chi connectivity index (χ1v) is 13.2. The van der Waals surface area contributed by atoms with Gasteiger partial charge in [-0.15, -0.1) is 0 Å². The van der Waals surface area contributed by atoms with Crippen LogP contribution in [-0.2, 0) is 16.1 Å².